The second-order valence-corrected chi connectivity index (χ2v) is 4.94. The van der Waals surface area contributed by atoms with Crippen LogP contribution in [0.4, 0.5) is 0 Å². The van der Waals surface area contributed by atoms with Gasteiger partial charge in [-0.15, -0.1) is 0 Å². The van der Waals surface area contributed by atoms with Crippen LogP contribution in [0.3, 0.4) is 0 Å². The third-order valence-electron chi connectivity index (χ3n) is 3.54. The van der Waals surface area contributed by atoms with Crippen LogP contribution in [0.2, 0.25) is 0 Å². The molecule has 3 aromatic rings. The molecular formula is C17H15NO2. The standard InChI is InChI=1S/C17H15NO2/c1-12-9-15-10-14(17(19)20)7-8-16(15)18(12)11-13-5-3-2-4-6-13/h2-10H,11H2,1H3,(H,19,20). The summed E-state index contributed by atoms with van der Waals surface area (Å²) in [4.78, 5) is 11.0. The van der Waals surface area contributed by atoms with Crippen molar-refractivity contribution >= 4 is 16.9 Å². The normalized spacial score (nSPS) is 10.8. The molecule has 0 atom stereocenters. The lowest BCUT2D eigenvalue weighted by Crippen LogP contribution is -2.01. The first kappa shape index (κ1) is 12.5. The van der Waals surface area contributed by atoms with Gasteiger partial charge in [-0.2, -0.15) is 0 Å². The number of benzene rings is 2. The maximum atomic E-state index is 11.0. The van der Waals surface area contributed by atoms with Gasteiger partial charge in [0.05, 0.1) is 5.56 Å². The number of carboxylic acids is 1. The molecule has 0 unspecified atom stereocenters. The van der Waals surface area contributed by atoms with E-state index in [2.05, 4.69) is 16.7 Å². The zero-order valence-electron chi connectivity index (χ0n) is 11.2. The molecule has 1 heterocycles. The molecule has 0 spiro atoms. The first-order valence-corrected chi connectivity index (χ1v) is 6.52. The van der Waals surface area contributed by atoms with Crippen molar-refractivity contribution in [3.05, 3.63) is 71.4 Å². The lowest BCUT2D eigenvalue weighted by atomic mass is 10.1. The van der Waals surface area contributed by atoms with E-state index in [4.69, 9.17) is 5.11 Å². The molecule has 3 rings (SSSR count). The molecule has 0 aliphatic rings. The van der Waals surface area contributed by atoms with Crippen LogP contribution in [0.15, 0.2) is 54.6 Å². The van der Waals surface area contributed by atoms with Crippen LogP contribution in [0.25, 0.3) is 10.9 Å². The maximum Gasteiger partial charge on any atom is 0.335 e. The van der Waals surface area contributed by atoms with Gasteiger partial charge in [-0.3, -0.25) is 0 Å². The summed E-state index contributed by atoms with van der Waals surface area (Å²) >= 11 is 0. The topological polar surface area (TPSA) is 42.2 Å². The monoisotopic (exact) mass is 265 g/mol. The van der Waals surface area contributed by atoms with Crippen molar-refractivity contribution < 1.29 is 9.90 Å². The van der Waals surface area contributed by atoms with Crippen molar-refractivity contribution in [2.45, 2.75) is 13.5 Å². The number of rotatable bonds is 3. The van der Waals surface area contributed by atoms with E-state index in [0.29, 0.717) is 5.56 Å². The minimum Gasteiger partial charge on any atom is -0.478 e. The Bertz CT molecular complexity index is 772. The van der Waals surface area contributed by atoms with Gasteiger partial charge in [0.25, 0.3) is 0 Å². The van der Waals surface area contributed by atoms with Crippen molar-refractivity contribution in [2.24, 2.45) is 0 Å². The molecule has 0 saturated heterocycles. The molecule has 20 heavy (non-hydrogen) atoms. The molecule has 0 amide bonds. The first-order chi connectivity index (χ1) is 9.65. The Hall–Kier alpha value is -2.55. The molecule has 0 saturated carbocycles. The fourth-order valence-electron chi connectivity index (χ4n) is 2.52. The Morgan fingerprint density at radius 3 is 2.55 bits per heavy atom. The Labute approximate surface area is 117 Å². The smallest absolute Gasteiger partial charge is 0.335 e. The summed E-state index contributed by atoms with van der Waals surface area (Å²) < 4.78 is 2.20. The lowest BCUT2D eigenvalue weighted by molar-refractivity contribution is 0.0697. The highest BCUT2D eigenvalue weighted by molar-refractivity contribution is 5.94. The number of hydrogen-bond acceptors (Lipinski definition) is 1. The zero-order valence-corrected chi connectivity index (χ0v) is 11.2. The van der Waals surface area contributed by atoms with E-state index < -0.39 is 5.97 Å². The van der Waals surface area contributed by atoms with Gasteiger partial charge in [-0.1, -0.05) is 30.3 Å². The number of fused-ring (bicyclic) bond motifs is 1. The Balaban J connectivity index is 2.07. The number of aryl methyl sites for hydroxylation is 1. The van der Waals surface area contributed by atoms with Gasteiger partial charge in [-0.05, 0) is 36.8 Å². The third kappa shape index (κ3) is 2.18. The molecular weight excluding hydrogens is 250 g/mol. The lowest BCUT2D eigenvalue weighted by Gasteiger charge is -2.08. The van der Waals surface area contributed by atoms with Crippen molar-refractivity contribution in [1.29, 1.82) is 0 Å². The van der Waals surface area contributed by atoms with Gasteiger partial charge >= 0.3 is 5.97 Å². The van der Waals surface area contributed by atoms with Crippen molar-refractivity contribution in [2.75, 3.05) is 0 Å². The molecule has 1 N–H and O–H groups in total. The number of nitrogens with zero attached hydrogens (tertiary/aromatic N) is 1. The summed E-state index contributed by atoms with van der Waals surface area (Å²) in [6.45, 7) is 2.84. The van der Waals surface area contributed by atoms with Gasteiger partial charge in [0.1, 0.15) is 0 Å². The van der Waals surface area contributed by atoms with E-state index >= 15 is 0 Å². The zero-order chi connectivity index (χ0) is 14.1. The van der Waals surface area contributed by atoms with Crippen LogP contribution in [-0.4, -0.2) is 15.6 Å². The van der Waals surface area contributed by atoms with E-state index in [9.17, 15) is 4.79 Å². The number of carboxylic acid groups (broad SMARTS) is 1. The van der Waals surface area contributed by atoms with Crippen molar-refractivity contribution in [1.82, 2.24) is 4.57 Å². The van der Waals surface area contributed by atoms with Crippen molar-refractivity contribution in [3.8, 4) is 0 Å². The summed E-state index contributed by atoms with van der Waals surface area (Å²) in [7, 11) is 0. The number of carbonyl (C=O) groups is 1. The molecule has 2 aromatic carbocycles. The highest BCUT2D eigenvalue weighted by Crippen LogP contribution is 2.22. The molecule has 3 nitrogen and oxygen atoms in total. The second kappa shape index (κ2) is 4.85. The van der Waals surface area contributed by atoms with Crippen LogP contribution in [0.1, 0.15) is 21.6 Å². The summed E-state index contributed by atoms with van der Waals surface area (Å²) in [5.74, 6) is -0.889. The second-order valence-electron chi connectivity index (χ2n) is 4.94. The number of hydrogen-bond donors (Lipinski definition) is 1. The maximum absolute atomic E-state index is 11.0. The van der Waals surface area contributed by atoms with E-state index in [1.165, 1.54) is 5.56 Å². The summed E-state index contributed by atoms with van der Waals surface area (Å²) in [5, 5.41) is 10.0. The number of aromatic nitrogens is 1. The average molecular weight is 265 g/mol. The van der Waals surface area contributed by atoms with E-state index in [-0.39, 0.29) is 0 Å². The van der Waals surface area contributed by atoms with Crippen LogP contribution in [0.5, 0.6) is 0 Å². The predicted octanol–water partition coefficient (Wildman–Crippen LogP) is 3.70. The Morgan fingerprint density at radius 2 is 1.85 bits per heavy atom. The minimum atomic E-state index is -0.889. The molecule has 0 aliphatic heterocycles. The van der Waals surface area contributed by atoms with E-state index in [0.717, 1.165) is 23.1 Å². The van der Waals surface area contributed by atoms with E-state index in [1.807, 2.05) is 37.3 Å². The van der Waals surface area contributed by atoms with Gasteiger partial charge in [0, 0.05) is 23.1 Å². The first-order valence-electron chi connectivity index (χ1n) is 6.52. The fourth-order valence-corrected chi connectivity index (χ4v) is 2.52. The average Bonchev–Trinajstić information content (AvgIpc) is 2.75. The largest absolute Gasteiger partial charge is 0.478 e. The highest BCUT2D eigenvalue weighted by atomic mass is 16.4. The van der Waals surface area contributed by atoms with Crippen molar-refractivity contribution in [3.63, 3.8) is 0 Å². The molecule has 0 bridgehead atoms. The highest BCUT2D eigenvalue weighted by Gasteiger charge is 2.09. The van der Waals surface area contributed by atoms with Crippen LogP contribution >= 0.6 is 0 Å². The van der Waals surface area contributed by atoms with Crippen LogP contribution in [-0.2, 0) is 6.54 Å². The molecule has 100 valence electrons. The summed E-state index contributed by atoms with van der Waals surface area (Å²) in [6.07, 6.45) is 0. The van der Waals surface area contributed by atoms with Gasteiger partial charge < -0.3 is 9.67 Å². The SMILES string of the molecule is Cc1cc2cc(C(=O)O)ccc2n1Cc1ccccc1. The summed E-state index contributed by atoms with van der Waals surface area (Å²) in [5.41, 5.74) is 3.76. The fraction of sp³-hybridized carbons (Fsp3) is 0.118. The Kier molecular flexibility index (Phi) is 3.03. The van der Waals surface area contributed by atoms with Gasteiger partial charge in [-0.25, -0.2) is 4.79 Å². The molecule has 1 aromatic heterocycles. The van der Waals surface area contributed by atoms with Gasteiger partial charge in [0.2, 0.25) is 0 Å². The quantitative estimate of drug-likeness (QED) is 0.784. The molecule has 3 heteroatoms. The molecule has 0 radical (unpaired) electrons. The van der Waals surface area contributed by atoms with Crippen LogP contribution < -0.4 is 0 Å². The molecule has 0 fully saturated rings. The third-order valence-corrected chi connectivity index (χ3v) is 3.54. The number of aromatic carboxylic acids is 1. The van der Waals surface area contributed by atoms with Crippen LogP contribution in [0, 0.1) is 6.92 Å². The predicted molar refractivity (Wildman–Crippen MR) is 79.2 cm³/mol. The molecule has 0 aliphatic carbocycles. The van der Waals surface area contributed by atoms with E-state index in [1.54, 1.807) is 12.1 Å². The summed E-state index contributed by atoms with van der Waals surface area (Å²) in [6, 6.07) is 17.5. The Morgan fingerprint density at radius 1 is 1.10 bits per heavy atom. The van der Waals surface area contributed by atoms with Gasteiger partial charge in [0.15, 0.2) is 0 Å². The minimum absolute atomic E-state index is 0.328.